The summed E-state index contributed by atoms with van der Waals surface area (Å²) in [5, 5.41) is 3.75. The smallest absolute Gasteiger partial charge is 0.388 e. The molecule has 0 unspecified atom stereocenters. The largest absolute Gasteiger partial charge is 0.415 e. The zero-order valence-corrected chi connectivity index (χ0v) is 22.4. The molecule has 3 atom stereocenters. The first kappa shape index (κ1) is 27.9. The van der Waals surface area contributed by atoms with Gasteiger partial charge in [0.05, 0.1) is 28.6 Å². The maximum absolute atomic E-state index is 13.5. The number of carbonyl (C=O) groups is 1. The van der Waals surface area contributed by atoms with Crippen molar-refractivity contribution >= 4 is 38.8 Å². The molecule has 3 aliphatic carbocycles. The lowest BCUT2D eigenvalue weighted by Gasteiger charge is -2.34. The van der Waals surface area contributed by atoms with Crippen molar-refractivity contribution < 1.29 is 39.9 Å². The number of hydrogen-bond donors (Lipinski definition) is 0. The van der Waals surface area contributed by atoms with Crippen molar-refractivity contribution in [2.75, 3.05) is 5.75 Å². The van der Waals surface area contributed by atoms with Gasteiger partial charge in [-0.3, -0.25) is 4.79 Å². The Balaban J connectivity index is 1.38. The Labute approximate surface area is 224 Å². The Morgan fingerprint density at radius 3 is 2.72 bits per heavy atom. The van der Waals surface area contributed by atoms with Crippen LogP contribution >= 0.6 is 11.3 Å². The second-order valence-electron chi connectivity index (χ2n) is 10.2. The number of aromatic nitrogens is 2. The fraction of sp³-hybridized carbons (Fsp3) is 0.625. The van der Waals surface area contributed by atoms with Gasteiger partial charge < -0.3 is 4.74 Å². The molecule has 2 heterocycles. The van der Waals surface area contributed by atoms with E-state index in [4.69, 9.17) is 0 Å². The number of ether oxygens (including phenoxy) is 1. The number of rotatable bonds is 10. The second-order valence-corrected chi connectivity index (χ2v) is 13.4. The van der Waals surface area contributed by atoms with Crippen molar-refractivity contribution in [3.05, 3.63) is 21.4 Å². The van der Waals surface area contributed by atoms with Gasteiger partial charge in [0.1, 0.15) is 12.0 Å². The van der Waals surface area contributed by atoms with Gasteiger partial charge in [0.25, 0.3) is 0 Å². The van der Waals surface area contributed by atoms with Crippen LogP contribution < -0.4 is 4.74 Å². The van der Waals surface area contributed by atoms with Gasteiger partial charge in [0.15, 0.2) is 15.7 Å². The molecule has 2 fully saturated rings. The van der Waals surface area contributed by atoms with Crippen molar-refractivity contribution in [2.24, 2.45) is 28.9 Å². The Morgan fingerprint density at radius 1 is 1.36 bits per heavy atom. The molecule has 0 amide bonds. The van der Waals surface area contributed by atoms with Crippen LogP contribution in [-0.2, 0) is 40.9 Å². The standard InChI is InChI=1S/C24H25F5N4O4S2/c1-33-20(7-21(32-33)37-23(26)27)31-11-30-13-2-3-18-15(4-13)22(19(38-18)6-17(34)14-5-16(14)25)39(35,36)10-12-8-24(28,29)9-12/h7,12-14,16,23H,2-6,8-10H2,1H3/t13-,14-,16-/m0/s1. The molecule has 15 heteroatoms. The summed E-state index contributed by atoms with van der Waals surface area (Å²) < 4.78 is 97.5. The van der Waals surface area contributed by atoms with Gasteiger partial charge in [-0.2, -0.15) is 13.8 Å². The molecule has 0 bridgehead atoms. The molecular formula is C24H25F5N4O4S2. The summed E-state index contributed by atoms with van der Waals surface area (Å²) in [6.07, 6.45) is -1.07. The molecule has 5 rings (SSSR count). The van der Waals surface area contributed by atoms with E-state index in [1.165, 1.54) is 29.1 Å². The van der Waals surface area contributed by atoms with E-state index in [-0.39, 0.29) is 41.6 Å². The maximum atomic E-state index is 13.5. The number of fused-ring (bicyclic) bond motifs is 1. The third-order valence-corrected chi connectivity index (χ3v) is 10.5. The molecule has 3 aliphatic rings. The van der Waals surface area contributed by atoms with Gasteiger partial charge >= 0.3 is 6.61 Å². The topological polar surface area (TPSA) is 103 Å². The Bertz CT molecular complexity index is 1440. The molecule has 0 aromatic carbocycles. The molecule has 39 heavy (non-hydrogen) atoms. The molecule has 2 aromatic rings. The number of Topliss-reactive ketones (excluding diaryl/α,β-unsaturated/α-hetero) is 1. The predicted molar refractivity (Wildman–Crippen MR) is 131 cm³/mol. The highest BCUT2D eigenvalue weighted by molar-refractivity contribution is 7.91. The van der Waals surface area contributed by atoms with Crippen LogP contribution in [-0.4, -0.2) is 60.5 Å². The van der Waals surface area contributed by atoms with Gasteiger partial charge in [-0.15, -0.1) is 16.4 Å². The first-order valence-corrected chi connectivity index (χ1v) is 14.8. The molecular weight excluding hydrogens is 567 g/mol. The average Bonchev–Trinajstić information content (AvgIpc) is 3.28. The minimum Gasteiger partial charge on any atom is -0.415 e. The van der Waals surface area contributed by atoms with Gasteiger partial charge in [-0.25, -0.2) is 31.3 Å². The van der Waals surface area contributed by atoms with E-state index in [1.807, 2.05) is 0 Å². The number of aryl methyl sites for hydroxylation is 2. The van der Waals surface area contributed by atoms with E-state index in [2.05, 4.69) is 25.8 Å². The average molecular weight is 593 g/mol. The number of carbonyl (C=O) groups excluding carboxylic acids is 1. The summed E-state index contributed by atoms with van der Waals surface area (Å²) in [6.45, 7) is -3.04. The fourth-order valence-electron chi connectivity index (χ4n) is 5.11. The highest BCUT2D eigenvalue weighted by Crippen LogP contribution is 2.46. The molecule has 0 spiro atoms. The van der Waals surface area contributed by atoms with E-state index >= 15 is 0 Å². The highest BCUT2D eigenvalue weighted by Gasteiger charge is 2.48. The molecule has 2 saturated carbocycles. The van der Waals surface area contributed by atoms with Gasteiger partial charge in [-0.05, 0) is 37.2 Å². The summed E-state index contributed by atoms with van der Waals surface area (Å²) in [4.78, 5) is 21.9. The summed E-state index contributed by atoms with van der Waals surface area (Å²) in [6, 6.07) is 3.29. The van der Waals surface area contributed by atoms with Crippen LogP contribution in [0.2, 0.25) is 0 Å². The summed E-state index contributed by atoms with van der Waals surface area (Å²) in [5.74, 6) is -5.23. The number of alkyl halides is 5. The van der Waals surface area contributed by atoms with E-state index in [9.17, 15) is 35.2 Å². The lowest BCUT2D eigenvalue weighted by molar-refractivity contribution is -0.120. The number of ketones is 1. The number of thiophene rings is 1. The lowest BCUT2D eigenvalue weighted by Crippen LogP contribution is -2.39. The first-order chi connectivity index (χ1) is 18.3. The highest BCUT2D eigenvalue weighted by atomic mass is 32.2. The predicted octanol–water partition coefficient (Wildman–Crippen LogP) is 4.73. The van der Waals surface area contributed by atoms with Crippen molar-refractivity contribution in [2.45, 2.75) is 74.6 Å². The molecule has 2 aromatic heterocycles. The lowest BCUT2D eigenvalue weighted by atomic mass is 9.83. The van der Waals surface area contributed by atoms with Crippen LogP contribution in [0.3, 0.4) is 0 Å². The number of aliphatic imine (C=N–C) groups is 2. The molecule has 8 nitrogen and oxygen atoms in total. The van der Waals surface area contributed by atoms with E-state index < -0.39 is 65.0 Å². The van der Waals surface area contributed by atoms with Crippen molar-refractivity contribution in [3.8, 4) is 5.88 Å². The third kappa shape index (κ3) is 6.25. The van der Waals surface area contributed by atoms with E-state index in [0.29, 0.717) is 23.3 Å². The number of hydrogen-bond acceptors (Lipinski definition) is 8. The van der Waals surface area contributed by atoms with Gasteiger partial charge in [-0.1, -0.05) is 0 Å². The quantitative estimate of drug-likeness (QED) is 0.293. The minimum absolute atomic E-state index is 0.000567. The number of halogens is 5. The zero-order valence-electron chi connectivity index (χ0n) is 20.7. The van der Waals surface area contributed by atoms with Crippen LogP contribution in [0.5, 0.6) is 5.88 Å². The molecule has 212 valence electrons. The maximum Gasteiger partial charge on any atom is 0.388 e. The molecule has 0 N–H and O–H groups in total. The Morgan fingerprint density at radius 2 is 2.08 bits per heavy atom. The van der Waals surface area contributed by atoms with Crippen LogP contribution in [0.4, 0.5) is 27.8 Å². The van der Waals surface area contributed by atoms with Crippen molar-refractivity contribution in [1.82, 2.24) is 9.78 Å². The second kappa shape index (κ2) is 10.4. The molecule has 0 radical (unpaired) electrons. The normalized spacial score (nSPS) is 24.0. The third-order valence-electron chi connectivity index (χ3n) is 7.10. The van der Waals surface area contributed by atoms with Crippen LogP contribution in [0.1, 0.15) is 41.0 Å². The Kier molecular flexibility index (Phi) is 7.44. The summed E-state index contributed by atoms with van der Waals surface area (Å²) in [5.41, 5.74) is 0.511. The minimum atomic E-state index is -4.00. The molecule has 0 saturated heterocycles. The monoisotopic (exact) mass is 592 g/mol. The zero-order chi connectivity index (χ0) is 28.1. The fourth-order valence-corrected chi connectivity index (χ4v) is 8.96. The number of nitrogens with zero attached hydrogens (tertiary/aromatic N) is 4. The van der Waals surface area contributed by atoms with Crippen LogP contribution in [0, 0.1) is 11.8 Å². The first-order valence-electron chi connectivity index (χ1n) is 12.4. The van der Waals surface area contributed by atoms with Crippen LogP contribution in [0.15, 0.2) is 20.9 Å². The van der Waals surface area contributed by atoms with E-state index in [1.54, 1.807) is 0 Å². The van der Waals surface area contributed by atoms with E-state index in [0.717, 1.165) is 4.88 Å². The van der Waals surface area contributed by atoms with Gasteiger partial charge in [0.2, 0.25) is 11.8 Å². The summed E-state index contributed by atoms with van der Waals surface area (Å²) >= 11 is 1.21. The SMILES string of the molecule is Cn1nc(OC(F)F)cc1N=C=N[C@H]1CCc2sc(CC(=O)[C@H]3C[C@@H]3F)c(S(=O)(=O)CC3CC(F)(F)C3)c2C1. The Hall–Kier alpha value is -2.64. The van der Waals surface area contributed by atoms with Crippen molar-refractivity contribution in [1.29, 1.82) is 0 Å². The van der Waals surface area contributed by atoms with Gasteiger partial charge in [0, 0.05) is 42.1 Å². The van der Waals surface area contributed by atoms with Crippen molar-refractivity contribution in [3.63, 3.8) is 0 Å². The summed E-state index contributed by atoms with van der Waals surface area (Å²) in [7, 11) is -2.53. The molecule has 0 aliphatic heterocycles. The van der Waals surface area contributed by atoms with Crippen LogP contribution in [0.25, 0.3) is 0 Å². The number of sulfone groups is 1.